The van der Waals surface area contributed by atoms with E-state index in [2.05, 4.69) is 15.2 Å². The summed E-state index contributed by atoms with van der Waals surface area (Å²) in [4.78, 5) is 32.1. The zero-order valence-electron chi connectivity index (χ0n) is 14.6. The van der Waals surface area contributed by atoms with Crippen molar-refractivity contribution < 1.29 is 14.0 Å². The molecule has 138 valence electrons. The van der Waals surface area contributed by atoms with Crippen LogP contribution in [0, 0.1) is 0 Å². The highest BCUT2D eigenvalue weighted by atomic mass is 19.1. The van der Waals surface area contributed by atoms with Crippen molar-refractivity contribution >= 4 is 11.8 Å². The van der Waals surface area contributed by atoms with E-state index in [0.717, 1.165) is 5.56 Å². The normalized spacial score (nSPS) is 29.4. The van der Waals surface area contributed by atoms with E-state index >= 15 is 0 Å². The second-order valence-corrected chi connectivity index (χ2v) is 7.74. The average Bonchev–Trinajstić information content (AvgIpc) is 2.64. The standard InChI is InChI=1S/C19H18FN5O2/c20-18-10-19(11-18,12-18)25-7-6-24(16(26)17(25)27)9-14-3-4-15(23-22-14)13-2-1-5-21-8-13/h1-5,8H,6-7,9-12H2. The number of amides is 2. The lowest BCUT2D eigenvalue weighted by molar-refractivity contribution is -0.230. The van der Waals surface area contributed by atoms with E-state index in [0.29, 0.717) is 43.7 Å². The molecular formula is C19H18FN5O2. The van der Waals surface area contributed by atoms with Gasteiger partial charge in [0.1, 0.15) is 5.67 Å². The van der Waals surface area contributed by atoms with Gasteiger partial charge in [0.05, 0.1) is 23.5 Å². The summed E-state index contributed by atoms with van der Waals surface area (Å²) >= 11 is 0. The molecule has 4 fully saturated rings. The Morgan fingerprint density at radius 2 is 1.85 bits per heavy atom. The maximum Gasteiger partial charge on any atom is 0.312 e. The van der Waals surface area contributed by atoms with Crippen molar-refractivity contribution in [1.29, 1.82) is 0 Å². The van der Waals surface area contributed by atoms with Crippen LogP contribution in [0.4, 0.5) is 4.39 Å². The van der Waals surface area contributed by atoms with E-state index in [1.807, 2.05) is 18.2 Å². The van der Waals surface area contributed by atoms with Gasteiger partial charge in [0.15, 0.2) is 0 Å². The Bertz CT molecular complexity index is 898. The number of piperazine rings is 1. The van der Waals surface area contributed by atoms with Gasteiger partial charge in [0.25, 0.3) is 0 Å². The molecule has 7 nitrogen and oxygen atoms in total. The Morgan fingerprint density at radius 1 is 1.04 bits per heavy atom. The summed E-state index contributed by atoms with van der Waals surface area (Å²) in [5.74, 6) is -1.07. The molecule has 27 heavy (non-hydrogen) atoms. The van der Waals surface area contributed by atoms with Crippen molar-refractivity contribution in [3.63, 3.8) is 0 Å². The van der Waals surface area contributed by atoms with Gasteiger partial charge in [-0.2, -0.15) is 10.2 Å². The van der Waals surface area contributed by atoms with Crippen LogP contribution in [0.15, 0.2) is 36.7 Å². The van der Waals surface area contributed by atoms with Crippen LogP contribution in [-0.4, -0.2) is 61.1 Å². The fourth-order valence-corrected chi connectivity index (χ4v) is 4.49. The number of halogens is 1. The maximum absolute atomic E-state index is 13.8. The summed E-state index contributed by atoms with van der Waals surface area (Å²) in [5, 5.41) is 8.36. The molecule has 8 heteroatoms. The number of rotatable bonds is 4. The zero-order chi connectivity index (χ0) is 18.6. The second kappa shape index (κ2) is 5.55. The van der Waals surface area contributed by atoms with Crippen LogP contribution >= 0.6 is 0 Å². The lowest BCUT2D eigenvalue weighted by Gasteiger charge is -2.69. The highest BCUT2D eigenvalue weighted by Crippen LogP contribution is 2.66. The Balaban J connectivity index is 1.25. The molecule has 0 spiro atoms. The monoisotopic (exact) mass is 367 g/mol. The summed E-state index contributed by atoms with van der Waals surface area (Å²) < 4.78 is 13.8. The van der Waals surface area contributed by atoms with Crippen molar-refractivity contribution in [1.82, 2.24) is 25.0 Å². The number of alkyl halides is 1. The number of pyridine rings is 1. The molecule has 3 aliphatic carbocycles. The first-order valence-corrected chi connectivity index (χ1v) is 9.01. The van der Waals surface area contributed by atoms with Crippen molar-refractivity contribution in [2.24, 2.45) is 0 Å². The van der Waals surface area contributed by atoms with Gasteiger partial charge in [0, 0.05) is 50.3 Å². The number of hydrogen-bond donors (Lipinski definition) is 0. The highest BCUT2D eigenvalue weighted by Gasteiger charge is 2.73. The van der Waals surface area contributed by atoms with Gasteiger partial charge in [-0.1, -0.05) is 0 Å². The van der Waals surface area contributed by atoms with E-state index < -0.39 is 23.0 Å². The molecule has 0 aromatic carbocycles. The number of nitrogens with zero attached hydrogens (tertiary/aromatic N) is 5. The zero-order valence-corrected chi connectivity index (χ0v) is 14.6. The van der Waals surface area contributed by atoms with Crippen LogP contribution in [0.1, 0.15) is 25.0 Å². The molecule has 4 aliphatic rings. The Hall–Kier alpha value is -2.90. The average molecular weight is 367 g/mol. The third kappa shape index (κ3) is 2.50. The molecule has 2 aromatic rings. The topological polar surface area (TPSA) is 79.3 Å². The van der Waals surface area contributed by atoms with Crippen molar-refractivity contribution in [3.8, 4) is 11.3 Å². The molecule has 6 rings (SSSR count). The molecule has 3 saturated carbocycles. The molecular weight excluding hydrogens is 349 g/mol. The van der Waals surface area contributed by atoms with Crippen LogP contribution < -0.4 is 0 Å². The SMILES string of the molecule is O=C1C(=O)N(C23CC(F)(C2)C3)CCN1Cc1ccc(-c2cccnc2)nn1. The lowest BCUT2D eigenvalue weighted by atomic mass is 9.46. The van der Waals surface area contributed by atoms with Crippen LogP contribution in [0.3, 0.4) is 0 Å². The number of aromatic nitrogens is 3. The summed E-state index contributed by atoms with van der Waals surface area (Å²) in [6.07, 6.45) is 4.52. The summed E-state index contributed by atoms with van der Waals surface area (Å²) in [7, 11) is 0. The largest absolute Gasteiger partial charge is 0.327 e. The van der Waals surface area contributed by atoms with Crippen LogP contribution in [0.2, 0.25) is 0 Å². The smallest absolute Gasteiger partial charge is 0.312 e. The highest BCUT2D eigenvalue weighted by molar-refractivity contribution is 6.35. The third-order valence-electron chi connectivity index (χ3n) is 5.85. The van der Waals surface area contributed by atoms with Gasteiger partial charge in [-0.05, 0) is 24.3 Å². The fraction of sp³-hybridized carbons (Fsp3) is 0.421. The molecule has 0 radical (unpaired) electrons. The number of carbonyl (C=O) groups is 2. The van der Waals surface area contributed by atoms with Crippen LogP contribution in [0.25, 0.3) is 11.3 Å². The van der Waals surface area contributed by atoms with E-state index in [1.54, 1.807) is 23.4 Å². The Kier molecular flexibility index (Phi) is 3.35. The third-order valence-corrected chi connectivity index (χ3v) is 5.85. The fourth-order valence-electron chi connectivity index (χ4n) is 4.49. The molecule has 0 atom stereocenters. The first kappa shape index (κ1) is 16.3. The molecule has 1 saturated heterocycles. The predicted octanol–water partition coefficient (Wildman–Crippen LogP) is 1.35. The molecule has 0 unspecified atom stereocenters. The van der Waals surface area contributed by atoms with Gasteiger partial charge in [-0.15, -0.1) is 0 Å². The predicted molar refractivity (Wildman–Crippen MR) is 92.8 cm³/mol. The first-order valence-electron chi connectivity index (χ1n) is 9.01. The molecule has 3 heterocycles. The minimum absolute atomic E-state index is 0.235. The van der Waals surface area contributed by atoms with E-state index in [1.165, 1.54) is 4.90 Å². The van der Waals surface area contributed by atoms with Crippen molar-refractivity contribution in [2.75, 3.05) is 13.1 Å². The second-order valence-electron chi connectivity index (χ2n) is 7.74. The van der Waals surface area contributed by atoms with Crippen molar-refractivity contribution in [2.45, 2.75) is 37.0 Å². The van der Waals surface area contributed by atoms with Gasteiger partial charge in [-0.3, -0.25) is 14.6 Å². The van der Waals surface area contributed by atoms with Gasteiger partial charge in [0.2, 0.25) is 0 Å². The Morgan fingerprint density at radius 3 is 2.48 bits per heavy atom. The minimum atomic E-state index is -1.09. The molecule has 0 N–H and O–H groups in total. The van der Waals surface area contributed by atoms with E-state index in [9.17, 15) is 14.0 Å². The maximum atomic E-state index is 13.8. The molecule has 2 aromatic heterocycles. The summed E-state index contributed by atoms with van der Waals surface area (Å²) in [6.45, 7) is 1.11. The van der Waals surface area contributed by atoms with E-state index in [4.69, 9.17) is 0 Å². The van der Waals surface area contributed by atoms with Crippen LogP contribution in [0.5, 0.6) is 0 Å². The lowest BCUT2D eigenvalue weighted by Crippen LogP contribution is -2.79. The quantitative estimate of drug-likeness (QED) is 0.763. The van der Waals surface area contributed by atoms with Crippen molar-refractivity contribution in [3.05, 3.63) is 42.4 Å². The summed E-state index contributed by atoms with van der Waals surface area (Å²) in [5.41, 5.74) is 0.680. The van der Waals surface area contributed by atoms with E-state index in [-0.39, 0.29) is 6.54 Å². The van der Waals surface area contributed by atoms with Crippen LogP contribution in [-0.2, 0) is 16.1 Å². The number of hydrogen-bond acceptors (Lipinski definition) is 5. The minimum Gasteiger partial charge on any atom is -0.327 e. The van der Waals surface area contributed by atoms with Gasteiger partial charge >= 0.3 is 11.8 Å². The number of carbonyl (C=O) groups excluding carboxylic acids is 2. The van der Waals surface area contributed by atoms with Gasteiger partial charge < -0.3 is 9.80 Å². The summed E-state index contributed by atoms with van der Waals surface area (Å²) in [6, 6.07) is 7.34. The molecule has 2 amide bonds. The molecule has 1 aliphatic heterocycles. The first-order chi connectivity index (χ1) is 13.0. The van der Waals surface area contributed by atoms with Gasteiger partial charge in [-0.25, -0.2) is 4.39 Å². The Labute approximate surface area is 155 Å². The molecule has 2 bridgehead atoms.